The molecule has 6 rings (SSSR count). The van der Waals surface area contributed by atoms with Crippen LogP contribution in [0, 0.1) is 11.3 Å². The van der Waals surface area contributed by atoms with Crippen molar-refractivity contribution in [2.75, 3.05) is 13.1 Å². The summed E-state index contributed by atoms with van der Waals surface area (Å²) < 4.78 is 4.22. The van der Waals surface area contributed by atoms with Crippen molar-refractivity contribution < 1.29 is 14.7 Å². The largest absolute Gasteiger partial charge is 0.478 e. The summed E-state index contributed by atoms with van der Waals surface area (Å²) in [5.41, 5.74) is 5.53. The highest BCUT2D eigenvalue weighted by molar-refractivity contribution is 5.92. The molecule has 214 valence electrons. The van der Waals surface area contributed by atoms with Gasteiger partial charge in [0.15, 0.2) is 0 Å². The summed E-state index contributed by atoms with van der Waals surface area (Å²) in [6.07, 6.45) is 7.47. The van der Waals surface area contributed by atoms with Crippen molar-refractivity contribution in [3.63, 3.8) is 0 Å². The summed E-state index contributed by atoms with van der Waals surface area (Å²) in [5, 5.41) is 23.2. The monoisotopic (exact) mass is 564 g/mol. The Kier molecular flexibility index (Phi) is 7.70. The Balaban J connectivity index is 1.12. The highest BCUT2D eigenvalue weighted by Crippen LogP contribution is 2.28. The van der Waals surface area contributed by atoms with E-state index in [2.05, 4.69) is 37.1 Å². The standard InChI is InChI=1S/C31H32N8O3/c1-2-37-21-33-17-26(37)18-38-29-15-25(31(40)41)7-8-28(29)34-30(38)19-36-12-9-24(10-13-36)27-11-14-39(35-27)42-20-23-5-3-22(16-32)4-6-23/h3-8,11,14-15,17,21,24H,2,9-10,12-13,18-20H2,1H3,(H,40,41). The summed E-state index contributed by atoms with van der Waals surface area (Å²) in [7, 11) is 0. The molecular weight excluding hydrogens is 532 g/mol. The van der Waals surface area contributed by atoms with Gasteiger partial charge in [0.05, 0.1) is 65.2 Å². The highest BCUT2D eigenvalue weighted by atomic mass is 16.7. The van der Waals surface area contributed by atoms with E-state index in [1.165, 1.54) is 4.85 Å². The Morgan fingerprint density at radius 2 is 1.93 bits per heavy atom. The van der Waals surface area contributed by atoms with Crippen molar-refractivity contribution in [1.82, 2.24) is 33.9 Å². The van der Waals surface area contributed by atoms with E-state index in [0.29, 0.717) is 31.2 Å². The number of aromatic carboxylic acids is 1. The van der Waals surface area contributed by atoms with Crippen LogP contribution in [0.1, 0.15) is 64.4 Å². The van der Waals surface area contributed by atoms with Crippen LogP contribution in [0.5, 0.6) is 0 Å². The number of aryl methyl sites for hydroxylation is 1. The minimum absolute atomic E-state index is 0.250. The second-order valence-electron chi connectivity index (χ2n) is 10.6. The van der Waals surface area contributed by atoms with Crippen LogP contribution in [0.2, 0.25) is 0 Å². The molecule has 0 unspecified atom stereocenters. The van der Waals surface area contributed by atoms with E-state index in [4.69, 9.17) is 15.1 Å². The zero-order valence-corrected chi connectivity index (χ0v) is 23.4. The maximum Gasteiger partial charge on any atom is 0.335 e. The molecule has 0 spiro atoms. The first-order valence-corrected chi connectivity index (χ1v) is 14.1. The van der Waals surface area contributed by atoms with E-state index >= 15 is 0 Å². The van der Waals surface area contributed by atoms with Gasteiger partial charge < -0.3 is 19.1 Å². The molecule has 5 aromatic rings. The molecule has 0 amide bonds. The number of hydrogen-bond acceptors (Lipinski definition) is 7. The molecule has 4 heterocycles. The van der Waals surface area contributed by atoms with Gasteiger partial charge in [0.2, 0.25) is 0 Å². The van der Waals surface area contributed by atoms with Gasteiger partial charge in [-0.3, -0.25) is 4.90 Å². The fourth-order valence-electron chi connectivity index (χ4n) is 5.54. The smallest absolute Gasteiger partial charge is 0.335 e. The predicted molar refractivity (Wildman–Crippen MR) is 155 cm³/mol. The lowest BCUT2D eigenvalue weighted by atomic mass is 9.94. The molecule has 1 aliphatic rings. The van der Waals surface area contributed by atoms with Crippen LogP contribution in [0.3, 0.4) is 0 Å². The molecule has 0 aliphatic carbocycles. The van der Waals surface area contributed by atoms with Crippen LogP contribution < -0.4 is 4.84 Å². The zero-order chi connectivity index (χ0) is 29.1. The summed E-state index contributed by atoms with van der Waals surface area (Å²) in [5.74, 6) is 0.307. The van der Waals surface area contributed by atoms with Crippen molar-refractivity contribution in [2.24, 2.45) is 0 Å². The maximum absolute atomic E-state index is 11.7. The number of benzene rings is 2. The minimum atomic E-state index is -0.950. The van der Waals surface area contributed by atoms with Gasteiger partial charge in [0.25, 0.3) is 0 Å². The SMILES string of the molecule is CCn1cncc1Cn1c(CN2CCC(c3ccn(OCc4ccc(C#N)cc4)n3)CC2)nc2ccc(C(=O)O)cc21. The third-order valence-electron chi connectivity index (χ3n) is 7.94. The predicted octanol–water partition coefficient (Wildman–Crippen LogP) is 4.08. The Bertz CT molecular complexity index is 1740. The first kappa shape index (κ1) is 27.2. The molecule has 1 fully saturated rings. The summed E-state index contributed by atoms with van der Waals surface area (Å²) in [4.78, 5) is 30.7. The Morgan fingerprint density at radius 1 is 1.12 bits per heavy atom. The first-order chi connectivity index (χ1) is 20.5. The van der Waals surface area contributed by atoms with Crippen LogP contribution in [0.15, 0.2) is 67.3 Å². The third kappa shape index (κ3) is 5.75. The number of carbonyl (C=O) groups is 1. The van der Waals surface area contributed by atoms with Crippen molar-refractivity contribution in [3.05, 3.63) is 101 Å². The zero-order valence-electron chi connectivity index (χ0n) is 23.4. The van der Waals surface area contributed by atoms with Gasteiger partial charge in [0.1, 0.15) is 12.4 Å². The van der Waals surface area contributed by atoms with Gasteiger partial charge in [-0.2, -0.15) is 5.26 Å². The minimum Gasteiger partial charge on any atom is -0.478 e. The van der Waals surface area contributed by atoms with Gasteiger partial charge in [-0.15, -0.1) is 9.94 Å². The molecule has 3 aromatic heterocycles. The van der Waals surface area contributed by atoms with Crippen LogP contribution in [0.25, 0.3) is 11.0 Å². The Morgan fingerprint density at radius 3 is 2.67 bits per heavy atom. The molecule has 0 saturated carbocycles. The van der Waals surface area contributed by atoms with Crippen LogP contribution in [-0.4, -0.2) is 58.1 Å². The van der Waals surface area contributed by atoms with Gasteiger partial charge in [-0.1, -0.05) is 12.1 Å². The van der Waals surface area contributed by atoms with Crippen LogP contribution in [0.4, 0.5) is 0 Å². The van der Waals surface area contributed by atoms with E-state index in [1.807, 2.05) is 36.9 Å². The first-order valence-electron chi connectivity index (χ1n) is 14.1. The normalized spacial score (nSPS) is 14.3. The van der Waals surface area contributed by atoms with Gasteiger partial charge in [-0.25, -0.2) is 14.8 Å². The number of likely N-dealkylation sites (tertiary alicyclic amines) is 1. The lowest BCUT2D eigenvalue weighted by Crippen LogP contribution is -2.33. The molecule has 0 atom stereocenters. The highest BCUT2D eigenvalue weighted by Gasteiger charge is 2.25. The number of piperidine rings is 1. The number of carboxylic acid groups (broad SMARTS) is 1. The Labute approximate surface area is 243 Å². The number of hydrogen-bond donors (Lipinski definition) is 1. The number of nitriles is 1. The number of rotatable bonds is 10. The average molecular weight is 565 g/mol. The number of aromatic nitrogens is 6. The second kappa shape index (κ2) is 11.9. The lowest BCUT2D eigenvalue weighted by Gasteiger charge is -2.31. The molecule has 0 radical (unpaired) electrons. The number of nitrogens with zero attached hydrogens (tertiary/aromatic N) is 8. The molecular formula is C31H32N8O3. The fraction of sp³-hybridized carbons (Fsp3) is 0.323. The molecule has 1 saturated heterocycles. The third-order valence-corrected chi connectivity index (χ3v) is 7.94. The average Bonchev–Trinajstić information content (AvgIpc) is 3.76. The fourth-order valence-corrected chi connectivity index (χ4v) is 5.54. The summed E-state index contributed by atoms with van der Waals surface area (Å²) in [6.45, 7) is 6.31. The van der Waals surface area contributed by atoms with Crippen molar-refractivity contribution >= 4 is 17.0 Å². The number of carboxylic acids is 1. The van der Waals surface area contributed by atoms with Gasteiger partial charge in [-0.05, 0) is 74.8 Å². The summed E-state index contributed by atoms with van der Waals surface area (Å²) in [6, 6.07) is 16.6. The van der Waals surface area contributed by atoms with E-state index in [9.17, 15) is 9.90 Å². The molecule has 1 N–H and O–H groups in total. The van der Waals surface area contributed by atoms with E-state index in [1.54, 1.807) is 30.3 Å². The van der Waals surface area contributed by atoms with E-state index in [-0.39, 0.29) is 5.56 Å². The molecule has 2 aromatic carbocycles. The number of fused-ring (bicyclic) bond motifs is 1. The van der Waals surface area contributed by atoms with Gasteiger partial charge >= 0.3 is 5.97 Å². The van der Waals surface area contributed by atoms with Crippen molar-refractivity contribution in [1.29, 1.82) is 5.26 Å². The maximum atomic E-state index is 11.7. The van der Waals surface area contributed by atoms with E-state index in [0.717, 1.165) is 66.3 Å². The molecule has 11 heteroatoms. The molecule has 42 heavy (non-hydrogen) atoms. The molecule has 11 nitrogen and oxygen atoms in total. The topological polar surface area (TPSA) is 127 Å². The lowest BCUT2D eigenvalue weighted by molar-refractivity contribution is 0.0683. The van der Waals surface area contributed by atoms with Gasteiger partial charge in [0, 0.05) is 18.7 Å². The van der Waals surface area contributed by atoms with Crippen LogP contribution >= 0.6 is 0 Å². The van der Waals surface area contributed by atoms with Crippen molar-refractivity contribution in [2.45, 2.75) is 51.9 Å². The second-order valence-corrected chi connectivity index (χ2v) is 10.6. The summed E-state index contributed by atoms with van der Waals surface area (Å²) >= 11 is 0. The van der Waals surface area contributed by atoms with E-state index < -0.39 is 5.97 Å². The molecule has 1 aliphatic heterocycles. The molecule has 0 bridgehead atoms. The quantitative estimate of drug-likeness (QED) is 0.269. The Hall–Kier alpha value is -4.95. The van der Waals surface area contributed by atoms with Crippen molar-refractivity contribution in [3.8, 4) is 6.07 Å². The van der Waals surface area contributed by atoms with Crippen LogP contribution in [-0.2, 0) is 26.2 Å². The number of imidazole rings is 2.